The molecule has 3 aromatic rings. The molecule has 1 saturated heterocycles. The number of nitrogens with one attached hydrogen (secondary N) is 2. The summed E-state index contributed by atoms with van der Waals surface area (Å²) in [7, 11) is 0. The fraction of sp³-hybridized carbons (Fsp3) is 0.444. The highest BCUT2D eigenvalue weighted by atomic mass is 19.1. The van der Waals surface area contributed by atoms with Crippen LogP contribution in [-0.4, -0.2) is 48.7 Å². The number of anilines is 2. The predicted molar refractivity (Wildman–Crippen MR) is 137 cm³/mol. The zero-order chi connectivity index (χ0) is 25.7. The zero-order valence-corrected chi connectivity index (χ0v) is 21.0. The van der Waals surface area contributed by atoms with Crippen molar-refractivity contribution in [3.05, 3.63) is 59.3 Å². The smallest absolute Gasteiger partial charge is 0.251 e. The predicted octanol–water partition coefficient (Wildman–Crippen LogP) is 5.08. The van der Waals surface area contributed by atoms with E-state index in [4.69, 9.17) is 9.72 Å². The van der Waals surface area contributed by atoms with Gasteiger partial charge in [-0.1, -0.05) is 13.8 Å². The van der Waals surface area contributed by atoms with Crippen molar-refractivity contribution in [2.45, 2.75) is 39.7 Å². The van der Waals surface area contributed by atoms with Gasteiger partial charge in [0.25, 0.3) is 5.91 Å². The van der Waals surface area contributed by atoms with E-state index >= 15 is 0 Å². The van der Waals surface area contributed by atoms with Gasteiger partial charge in [-0.15, -0.1) is 0 Å². The first kappa shape index (κ1) is 25.8. The maximum Gasteiger partial charge on any atom is 0.251 e. The standard InChI is InChI=1S/C27H33F2N5O2/c1-17(2)5-4-6-30-27(35)19-11-23(18(3)32-22-14-20(28)13-21(29)15-22)26-24(12-19)31-16-25(33-26)34-7-9-36-10-8-34/h11-18,32H,4-10H2,1-3H3,(H,30,35). The molecular formula is C27H33F2N5O2. The number of rotatable bonds is 9. The van der Waals surface area contributed by atoms with E-state index in [1.165, 1.54) is 12.1 Å². The number of nitrogens with zero attached hydrogens (tertiary/aromatic N) is 3. The Balaban J connectivity index is 1.67. The van der Waals surface area contributed by atoms with E-state index in [1.807, 2.05) is 6.92 Å². The highest BCUT2D eigenvalue weighted by Crippen LogP contribution is 2.29. The van der Waals surface area contributed by atoms with Crippen LogP contribution in [0.3, 0.4) is 0 Å². The third-order valence-electron chi connectivity index (χ3n) is 6.22. The Morgan fingerprint density at radius 1 is 1.08 bits per heavy atom. The molecule has 9 heteroatoms. The molecule has 2 heterocycles. The van der Waals surface area contributed by atoms with Gasteiger partial charge >= 0.3 is 0 Å². The van der Waals surface area contributed by atoms with Crippen molar-refractivity contribution in [2.24, 2.45) is 5.92 Å². The van der Waals surface area contributed by atoms with Gasteiger partial charge in [0, 0.05) is 42.5 Å². The van der Waals surface area contributed by atoms with Gasteiger partial charge in [0.1, 0.15) is 17.5 Å². The highest BCUT2D eigenvalue weighted by Gasteiger charge is 2.20. The van der Waals surface area contributed by atoms with Gasteiger partial charge in [0.15, 0.2) is 0 Å². The molecule has 0 radical (unpaired) electrons. The number of amides is 1. The van der Waals surface area contributed by atoms with Crippen LogP contribution in [-0.2, 0) is 4.74 Å². The van der Waals surface area contributed by atoms with Crippen LogP contribution in [0.25, 0.3) is 11.0 Å². The second-order valence-corrected chi connectivity index (χ2v) is 9.58. The minimum absolute atomic E-state index is 0.190. The fourth-order valence-electron chi connectivity index (χ4n) is 4.32. The average Bonchev–Trinajstić information content (AvgIpc) is 2.85. The van der Waals surface area contributed by atoms with E-state index in [1.54, 1.807) is 18.3 Å². The van der Waals surface area contributed by atoms with Crippen molar-refractivity contribution < 1.29 is 18.3 Å². The van der Waals surface area contributed by atoms with Crippen LogP contribution in [0.15, 0.2) is 36.5 Å². The summed E-state index contributed by atoms with van der Waals surface area (Å²) in [4.78, 5) is 24.6. The van der Waals surface area contributed by atoms with Gasteiger partial charge in [0.05, 0.1) is 36.5 Å². The van der Waals surface area contributed by atoms with Crippen molar-refractivity contribution >= 4 is 28.4 Å². The van der Waals surface area contributed by atoms with E-state index in [0.717, 1.165) is 24.7 Å². The average molecular weight is 498 g/mol. The maximum atomic E-state index is 13.8. The molecule has 192 valence electrons. The Kier molecular flexibility index (Phi) is 8.30. The van der Waals surface area contributed by atoms with Gasteiger partial charge in [-0.25, -0.2) is 13.8 Å². The van der Waals surface area contributed by atoms with Crippen molar-refractivity contribution in [1.29, 1.82) is 0 Å². The minimum atomic E-state index is -0.668. The first-order chi connectivity index (χ1) is 17.3. The second-order valence-electron chi connectivity index (χ2n) is 9.58. The molecule has 2 aromatic carbocycles. The molecule has 1 fully saturated rings. The maximum absolute atomic E-state index is 13.8. The number of hydrogen-bond donors (Lipinski definition) is 2. The molecule has 0 aliphatic carbocycles. The van der Waals surface area contributed by atoms with Crippen molar-refractivity contribution in [3.8, 4) is 0 Å². The van der Waals surface area contributed by atoms with E-state index in [0.29, 0.717) is 66.6 Å². The summed E-state index contributed by atoms with van der Waals surface area (Å²) in [6.07, 6.45) is 3.64. The molecule has 1 amide bonds. The highest BCUT2D eigenvalue weighted by molar-refractivity contribution is 5.98. The molecule has 1 aliphatic rings. The second kappa shape index (κ2) is 11.6. The lowest BCUT2D eigenvalue weighted by Crippen LogP contribution is -2.36. The molecule has 0 spiro atoms. The molecule has 36 heavy (non-hydrogen) atoms. The Morgan fingerprint density at radius 2 is 1.81 bits per heavy atom. The Morgan fingerprint density at radius 3 is 2.50 bits per heavy atom. The molecule has 0 saturated carbocycles. The summed E-state index contributed by atoms with van der Waals surface area (Å²) in [6, 6.07) is 6.41. The Bertz CT molecular complexity index is 1190. The lowest BCUT2D eigenvalue weighted by atomic mass is 10.0. The number of halogens is 2. The molecule has 4 rings (SSSR count). The first-order valence-electron chi connectivity index (χ1n) is 12.4. The summed E-state index contributed by atoms with van der Waals surface area (Å²) >= 11 is 0. The van der Waals surface area contributed by atoms with Gasteiger partial charge in [-0.3, -0.25) is 9.78 Å². The monoisotopic (exact) mass is 497 g/mol. The number of morpholine rings is 1. The lowest BCUT2D eigenvalue weighted by Gasteiger charge is -2.28. The number of carbonyl (C=O) groups is 1. The minimum Gasteiger partial charge on any atom is -0.378 e. The van der Waals surface area contributed by atoms with Gasteiger partial charge < -0.3 is 20.3 Å². The quantitative estimate of drug-likeness (QED) is 0.401. The summed E-state index contributed by atoms with van der Waals surface area (Å²) in [5, 5.41) is 6.13. The Hall–Kier alpha value is -3.33. The molecule has 1 unspecified atom stereocenters. The van der Waals surface area contributed by atoms with Gasteiger partial charge in [0.2, 0.25) is 0 Å². The number of hydrogen-bond acceptors (Lipinski definition) is 6. The molecule has 1 aliphatic heterocycles. The van der Waals surface area contributed by atoms with Crippen LogP contribution in [0, 0.1) is 17.6 Å². The van der Waals surface area contributed by atoms with Crippen LogP contribution >= 0.6 is 0 Å². The molecule has 0 bridgehead atoms. The topological polar surface area (TPSA) is 79.4 Å². The first-order valence-corrected chi connectivity index (χ1v) is 12.4. The van der Waals surface area contributed by atoms with E-state index < -0.39 is 17.7 Å². The number of aromatic nitrogens is 2. The molecule has 7 nitrogen and oxygen atoms in total. The van der Waals surface area contributed by atoms with Gasteiger partial charge in [-0.2, -0.15) is 0 Å². The largest absolute Gasteiger partial charge is 0.378 e. The van der Waals surface area contributed by atoms with Crippen molar-refractivity contribution in [3.63, 3.8) is 0 Å². The van der Waals surface area contributed by atoms with Crippen LogP contribution in [0.1, 0.15) is 55.6 Å². The number of ether oxygens (including phenoxy) is 1. The normalized spacial score (nSPS) is 14.8. The summed E-state index contributed by atoms with van der Waals surface area (Å²) in [5.74, 6) is -0.228. The summed E-state index contributed by atoms with van der Waals surface area (Å²) < 4.78 is 33.0. The van der Waals surface area contributed by atoms with Crippen LogP contribution in [0.2, 0.25) is 0 Å². The Labute approximate surface area is 210 Å². The summed E-state index contributed by atoms with van der Waals surface area (Å²) in [6.45, 7) is 9.41. The van der Waals surface area contributed by atoms with E-state index in [-0.39, 0.29) is 5.91 Å². The third kappa shape index (κ3) is 6.46. The fourth-order valence-corrected chi connectivity index (χ4v) is 4.32. The third-order valence-corrected chi connectivity index (χ3v) is 6.22. The zero-order valence-electron chi connectivity index (χ0n) is 21.0. The van der Waals surface area contributed by atoms with Crippen LogP contribution < -0.4 is 15.5 Å². The summed E-state index contributed by atoms with van der Waals surface area (Å²) in [5.41, 5.74) is 2.69. The van der Waals surface area contributed by atoms with Crippen LogP contribution in [0.4, 0.5) is 20.3 Å². The molecule has 1 aromatic heterocycles. The number of fused-ring (bicyclic) bond motifs is 1. The molecule has 2 N–H and O–H groups in total. The number of carbonyl (C=O) groups excluding carboxylic acids is 1. The number of benzene rings is 2. The van der Waals surface area contributed by atoms with Gasteiger partial charge in [-0.05, 0) is 49.9 Å². The van der Waals surface area contributed by atoms with Crippen LogP contribution in [0.5, 0.6) is 0 Å². The van der Waals surface area contributed by atoms with Crippen molar-refractivity contribution in [2.75, 3.05) is 43.1 Å². The van der Waals surface area contributed by atoms with E-state index in [9.17, 15) is 13.6 Å². The van der Waals surface area contributed by atoms with E-state index in [2.05, 4.69) is 34.4 Å². The molecule has 1 atom stereocenters. The van der Waals surface area contributed by atoms with Crippen molar-refractivity contribution in [1.82, 2.24) is 15.3 Å². The molecular weight excluding hydrogens is 464 g/mol. The lowest BCUT2D eigenvalue weighted by molar-refractivity contribution is 0.0952. The SMILES string of the molecule is CC(C)CCCNC(=O)c1cc(C(C)Nc2cc(F)cc(F)c2)c2nc(N3CCOCC3)cnc2c1.